The number of benzene rings is 1. The summed E-state index contributed by atoms with van der Waals surface area (Å²) in [4.78, 5) is 28.8. The summed E-state index contributed by atoms with van der Waals surface area (Å²) >= 11 is 6.17. The summed E-state index contributed by atoms with van der Waals surface area (Å²) in [5.41, 5.74) is -0.117. The van der Waals surface area contributed by atoms with Gasteiger partial charge in [-0.05, 0) is 77.4 Å². The van der Waals surface area contributed by atoms with E-state index in [0.717, 1.165) is 0 Å². The number of halogens is 1. The fraction of sp³-hybridized carbons (Fsp3) is 0.409. The Morgan fingerprint density at radius 2 is 1.35 bits per heavy atom. The summed E-state index contributed by atoms with van der Waals surface area (Å²) in [5.74, 6) is 0.890. The molecule has 2 aromatic rings. The number of methoxy groups -OCH3 is 1. The van der Waals surface area contributed by atoms with Gasteiger partial charge in [-0.3, -0.25) is 10.6 Å². The Morgan fingerprint density at radius 1 is 0.871 bits per heavy atom. The molecule has 1 aromatic carbocycles. The zero-order chi connectivity index (χ0) is 23.4. The second kappa shape index (κ2) is 9.43. The van der Waals surface area contributed by atoms with Crippen LogP contribution in [0.25, 0.3) is 11.1 Å². The quantitative estimate of drug-likeness (QED) is 0.584. The van der Waals surface area contributed by atoms with E-state index in [1.807, 2.05) is 0 Å². The van der Waals surface area contributed by atoms with Crippen molar-refractivity contribution in [3.63, 3.8) is 0 Å². The van der Waals surface area contributed by atoms with Crippen molar-refractivity contribution in [1.82, 2.24) is 4.98 Å². The van der Waals surface area contributed by atoms with Crippen molar-refractivity contribution in [2.24, 2.45) is 0 Å². The molecule has 0 aliphatic carbocycles. The minimum Gasteiger partial charge on any atom is -0.496 e. The van der Waals surface area contributed by atoms with Crippen LogP contribution in [0.15, 0.2) is 30.3 Å². The summed E-state index contributed by atoms with van der Waals surface area (Å²) < 4.78 is 16.0. The highest BCUT2D eigenvalue weighted by Crippen LogP contribution is 2.35. The number of rotatable bonds is 4. The van der Waals surface area contributed by atoms with Gasteiger partial charge in [0.25, 0.3) is 0 Å². The number of pyridine rings is 1. The number of carbonyl (C=O) groups excluding carboxylic acids is 2. The lowest BCUT2D eigenvalue weighted by molar-refractivity contribution is 0.0625. The summed E-state index contributed by atoms with van der Waals surface area (Å²) in [5, 5.41) is 5.67. The number of carbonyl (C=O) groups is 2. The van der Waals surface area contributed by atoms with Gasteiger partial charge in [-0.25, -0.2) is 14.6 Å². The molecule has 0 saturated carbocycles. The minimum absolute atomic E-state index is 0.167. The van der Waals surface area contributed by atoms with E-state index in [4.69, 9.17) is 25.8 Å². The van der Waals surface area contributed by atoms with Gasteiger partial charge in [-0.2, -0.15) is 0 Å². The van der Waals surface area contributed by atoms with Crippen molar-refractivity contribution in [1.29, 1.82) is 0 Å². The molecule has 0 bridgehead atoms. The molecule has 9 heteroatoms. The highest BCUT2D eigenvalue weighted by atomic mass is 35.5. The molecule has 0 fully saturated rings. The smallest absolute Gasteiger partial charge is 0.413 e. The molecule has 0 aliphatic heterocycles. The lowest BCUT2D eigenvalue weighted by Gasteiger charge is -2.21. The van der Waals surface area contributed by atoms with Gasteiger partial charge in [0, 0.05) is 10.6 Å². The van der Waals surface area contributed by atoms with Gasteiger partial charge in [-0.15, -0.1) is 0 Å². The van der Waals surface area contributed by atoms with Gasteiger partial charge < -0.3 is 14.2 Å². The first-order valence-electron chi connectivity index (χ1n) is 9.62. The first kappa shape index (κ1) is 24.3. The summed E-state index contributed by atoms with van der Waals surface area (Å²) in [6.45, 7) is 10.5. The average molecular weight is 450 g/mol. The van der Waals surface area contributed by atoms with Gasteiger partial charge in [0.1, 0.15) is 28.6 Å². The molecule has 0 atom stereocenters. The molecule has 1 heterocycles. The van der Waals surface area contributed by atoms with Gasteiger partial charge in [0.05, 0.1) is 7.11 Å². The van der Waals surface area contributed by atoms with Crippen molar-refractivity contribution >= 4 is 35.4 Å². The largest absolute Gasteiger partial charge is 0.496 e. The SMILES string of the molecule is COc1ccc(Cl)cc1-c1cc(NC(=O)OC(C)(C)C)nc(NC(=O)OC(C)(C)C)c1. The third kappa shape index (κ3) is 7.97. The molecule has 0 unspecified atom stereocenters. The Kier molecular flexibility index (Phi) is 7.38. The molecule has 2 rings (SSSR count). The number of nitrogens with zero attached hydrogens (tertiary/aromatic N) is 1. The van der Waals surface area contributed by atoms with Crippen LogP contribution < -0.4 is 15.4 Å². The van der Waals surface area contributed by atoms with Gasteiger partial charge in [0.2, 0.25) is 0 Å². The van der Waals surface area contributed by atoms with E-state index in [2.05, 4.69) is 15.6 Å². The zero-order valence-electron chi connectivity index (χ0n) is 18.8. The van der Waals surface area contributed by atoms with E-state index in [1.165, 1.54) is 7.11 Å². The monoisotopic (exact) mass is 449 g/mol. The van der Waals surface area contributed by atoms with Crippen molar-refractivity contribution in [3.8, 4) is 16.9 Å². The molecular formula is C22H28ClN3O5. The maximum atomic E-state index is 12.2. The van der Waals surface area contributed by atoms with Crippen molar-refractivity contribution < 1.29 is 23.8 Å². The van der Waals surface area contributed by atoms with Gasteiger partial charge in [-0.1, -0.05) is 11.6 Å². The van der Waals surface area contributed by atoms with Crippen LogP contribution in [0.5, 0.6) is 5.75 Å². The highest BCUT2D eigenvalue weighted by molar-refractivity contribution is 6.31. The molecule has 2 N–H and O–H groups in total. The van der Waals surface area contributed by atoms with Crippen LogP contribution in [-0.4, -0.2) is 35.5 Å². The molecule has 8 nitrogen and oxygen atoms in total. The summed E-state index contributed by atoms with van der Waals surface area (Å²) in [6, 6.07) is 8.38. The Morgan fingerprint density at radius 3 is 1.77 bits per heavy atom. The Bertz CT molecular complexity index is 916. The predicted molar refractivity (Wildman–Crippen MR) is 121 cm³/mol. The Labute approximate surface area is 187 Å². The van der Waals surface area contributed by atoms with Crippen LogP contribution in [0.2, 0.25) is 5.02 Å². The van der Waals surface area contributed by atoms with Gasteiger partial charge >= 0.3 is 12.2 Å². The van der Waals surface area contributed by atoms with Crippen molar-refractivity contribution in [2.45, 2.75) is 52.7 Å². The number of nitrogens with one attached hydrogen (secondary N) is 2. The van der Waals surface area contributed by atoms with Crippen LogP contribution in [0, 0.1) is 0 Å². The van der Waals surface area contributed by atoms with Gasteiger partial charge in [0.15, 0.2) is 0 Å². The van der Waals surface area contributed by atoms with E-state index in [-0.39, 0.29) is 11.6 Å². The average Bonchev–Trinajstić information content (AvgIpc) is 2.57. The third-order valence-electron chi connectivity index (χ3n) is 3.56. The van der Waals surface area contributed by atoms with E-state index in [1.54, 1.807) is 71.9 Å². The van der Waals surface area contributed by atoms with E-state index < -0.39 is 23.4 Å². The maximum absolute atomic E-state index is 12.2. The minimum atomic E-state index is -0.685. The Balaban J connectivity index is 2.46. The summed E-state index contributed by atoms with van der Waals surface area (Å²) in [6.07, 6.45) is -1.36. The van der Waals surface area contributed by atoms with Crippen LogP contribution in [0.4, 0.5) is 21.2 Å². The third-order valence-corrected chi connectivity index (χ3v) is 3.79. The lowest BCUT2D eigenvalue weighted by Crippen LogP contribution is -2.28. The first-order valence-corrected chi connectivity index (χ1v) is 9.99. The number of hydrogen-bond acceptors (Lipinski definition) is 6. The topological polar surface area (TPSA) is 98.8 Å². The molecule has 0 aliphatic rings. The normalized spacial score (nSPS) is 11.5. The predicted octanol–water partition coefficient (Wildman–Crippen LogP) is 6.10. The lowest BCUT2D eigenvalue weighted by atomic mass is 10.1. The second-order valence-corrected chi connectivity index (χ2v) is 9.16. The Hall–Kier alpha value is -3.00. The number of hydrogen-bond donors (Lipinski definition) is 2. The molecule has 168 valence electrons. The van der Waals surface area contributed by atoms with E-state index in [0.29, 0.717) is 21.9 Å². The molecule has 1 aromatic heterocycles. The van der Waals surface area contributed by atoms with Crippen molar-refractivity contribution in [2.75, 3.05) is 17.7 Å². The number of amides is 2. The van der Waals surface area contributed by atoms with Crippen LogP contribution in [-0.2, 0) is 9.47 Å². The maximum Gasteiger partial charge on any atom is 0.413 e. The molecule has 31 heavy (non-hydrogen) atoms. The van der Waals surface area contributed by atoms with E-state index >= 15 is 0 Å². The second-order valence-electron chi connectivity index (χ2n) is 8.72. The molecular weight excluding hydrogens is 422 g/mol. The number of anilines is 2. The molecule has 0 saturated heterocycles. The molecule has 0 radical (unpaired) electrons. The van der Waals surface area contributed by atoms with Crippen molar-refractivity contribution in [3.05, 3.63) is 35.4 Å². The molecule has 0 spiro atoms. The molecule has 2 amide bonds. The van der Waals surface area contributed by atoms with E-state index in [9.17, 15) is 9.59 Å². The summed E-state index contributed by atoms with van der Waals surface area (Å²) in [7, 11) is 1.54. The fourth-order valence-corrected chi connectivity index (χ4v) is 2.71. The standard InChI is InChI=1S/C22H28ClN3O5/c1-21(2,3)30-19(27)25-17-10-13(15-12-14(23)8-9-16(15)29-7)11-18(24-17)26-20(28)31-22(4,5)6/h8-12H,1-7H3,(H2,24,25,26,27,28). The highest BCUT2D eigenvalue weighted by Gasteiger charge is 2.20. The van der Waals surface area contributed by atoms with Crippen LogP contribution in [0.3, 0.4) is 0 Å². The van der Waals surface area contributed by atoms with Crippen LogP contribution in [0.1, 0.15) is 41.5 Å². The number of aromatic nitrogens is 1. The zero-order valence-corrected chi connectivity index (χ0v) is 19.5. The first-order chi connectivity index (χ1) is 14.3. The number of ether oxygens (including phenoxy) is 3. The van der Waals surface area contributed by atoms with Crippen LogP contribution >= 0.6 is 11.6 Å². The fourth-order valence-electron chi connectivity index (χ4n) is 2.54.